The van der Waals surface area contributed by atoms with E-state index in [1.165, 1.54) is 6.07 Å². The van der Waals surface area contributed by atoms with E-state index < -0.39 is 0 Å². The molecule has 1 heterocycles. The van der Waals surface area contributed by atoms with E-state index >= 15 is 0 Å². The Bertz CT molecular complexity index is 439. The number of nitrogens with zero attached hydrogens (tertiary/aromatic N) is 2. The third-order valence-electron chi connectivity index (χ3n) is 4.41. The second kappa shape index (κ2) is 6.55. The molecule has 0 aliphatic carbocycles. The Morgan fingerprint density at radius 2 is 2.05 bits per heavy atom. The van der Waals surface area contributed by atoms with Crippen LogP contribution in [0.2, 0.25) is 0 Å². The van der Waals surface area contributed by atoms with Crippen LogP contribution < -0.4 is 10.6 Å². The molecule has 2 rings (SSSR count). The third kappa shape index (κ3) is 3.30. The molecule has 2 N–H and O–H groups in total. The van der Waals surface area contributed by atoms with Gasteiger partial charge in [-0.15, -0.1) is 0 Å². The van der Waals surface area contributed by atoms with E-state index in [9.17, 15) is 4.39 Å². The van der Waals surface area contributed by atoms with Crippen molar-refractivity contribution in [1.29, 1.82) is 0 Å². The van der Waals surface area contributed by atoms with Gasteiger partial charge in [0.15, 0.2) is 0 Å². The van der Waals surface area contributed by atoms with Crippen molar-refractivity contribution in [2.75, 3.05) is 31.6 Å². The highest BCUT2D eigenvalue weighted by atomic mass is 19.1. The molecule has 0 unspecified atom stereocenters. The van der Waals surface area contributed by atoms with Crippen molar-refractivity contribution in [3.05, 3.63) is 29.6 Å². The minimum atomic E-state index is -0.213. The van der Waals surface area contributed by atoms with Crippen LogP contribution in [0.3, 0.4) is 0 Å². The molecule has 112 valence electrons. The average molecular weight is 279 g/mol. The van der Waals surface area contributed by atoms with E-state index in [0.717, 1.165) is 43.7 Å². The summed E-state index contributed by atoms with van der Waals surface area (Å²) in [4.78, 5) is 4.76. The number of likely N-dealkylation sites (tertiary alicyclic amines) is 1. The highest BCUT2D eigenvalue weighted by molar-refractivity contribution is 5.55. The minimum Gasteiger partial charge on any atom is -0.371 e. The minimum absolute atomic E-state index is 0.154. The Kier molecular flexibility index (Phi) is 5.00. The fourth-order valence-electron chi connectivity index (χ4n) is 3.03. The molecule has 1 aliphatic rings. The summed E-state index contributed by atoms with van der Waals surface area (Å²) in [5.74, 6) is -0.213. The highest BCUT2D eigenvalue weighted by Gasteiger charge is 2.23. The molecule has 20 heavy (non-hydrogen) atoms. The lowest BCUT2D eigenvalue weighted by Gasteiger charge is -2.38. The third-order valence-corrected chi connectivity index (χ3v) is 4.41. The Morgan fingerprint density at radius 1 is 1.40 bits per heavy atom. The summed E-state index contributed by atoms with van der Waals surface area (Å²) in [6.45, 7) is 7.52. The van der Waals surface area contributed by atoms with Gasteiger partial charge in [-0.3, -0.25) is 0 Å². The Balaban J connectivity index is 2.15. The van der Waals surface area contributed by atoms with Crippen LogP contribution in [0.5, 0.6) is 0 Å². The number of rotatable bonds is 4. The summed E-state index contributed by atoms with van der Waals surface area (Å²) in [6, 6.07) is 5.32. The lowest BCUT2D eigenvalue weighted by atomic mass is 10.00. The zero-order chi connectivity index (χ0) is 14.7. The smallest absolute Gasteiger partial charge is 0.123 e. The van der Waals surface area contributed by atoms with Gasteiger partial charge in [0.05, 0.1) is 0 Å². The van der Waals surface area contributed by atoms with Gasteiger partial charge >= 0.3 is 0 Å². The first-order chi connectivity index (χ1) is 9.52. The summed E-state index contributed by atoms with van der Waals surface area (Å²) in [7, 11) is 2.10. The topological polar surface area (TPSA) is 32.5 Å². The SMILES string of the molecule is CCN1CCC(N(C)c2ccc(F)cc2[C@@H](C)N)CC1. The van der Waals surface area contributed by atoms with Crippen molar-refractivity contribution >= 4 is 5.69 Å². The number of hydrogen-bond donors (Lipinski definition) is 1. The maximum absolute atomic E-state index is 13.4. The lowest BCUT2D eigenvalue weighted by Crippen LogP contribution is -2.43. The molecule has 1 saturated heterocycles. The van der Waals surface area contributed by atoms with E-state index in [0.29, 0.717) is 6.04 Å². The molecule has 0 bridgehead atoms. The molecule has 0 radical (unpaired) electrons. The molecular weight excluding hydrogens is 253 g/mol. The van der Waals surface area contributed by atoms with E-state index in [1.807, 2.05) is 13.0 Å². The molecule has 1 fully saturated rings. The van der Waals surface area contributed by atoms with Gasteiger partial charge in [0, 0.05) is 37.9 Å². The van der Waals surface area contributed by atoms with Crippen molar-refractivity contribution in [3.8, 4) is 0 Å². The molecule has 0 aromatic heterocycles. The summed E-state index contributed by atoms with van der Waals surface area (Å²) in [5, 5.41) is 0. The average Bonchev–Trinajstić information content (AvgIpc) is 2.46. The largest absolute Gasteiger partial charge is 0.371 e. The summed E-state index contributed by atoms with van der Waals surface area (Å²) in [6.07, 6.45) is 2.31. The van der Waals surface area contributed by atoms with Crippen LogP contribution in [0.25, 0.3) is 0 Å². The van der Waals surface area contributed by atoms with Gasteiger partial charge in [-0.1, -0.05) is 6.92 Å². The predicted molar refractivity (Wildman–Crippen MR) is 82.5 cm³/mol. The maximum atomic E-state index is 13.4. The van der Waals surface area contributed by atoms with Crippen molar-refractivity contribution in [2.24, 2.45) is 5.73 Å². The van der Waals surface area contributed by atoms with Crippen molar-refractivity contribution in [1.82, 2.24) is 4.90 Å². The molecule has 0 spiro atoms. The van der Waals surface area contributed by atoms with E-state index in [1.54, 1.807) is 6.07 Å². The van der Waals surface area contributed by atoms with Crippen molar-refractivity contribution in [2.45, 2.75) is 38.8 Å². The Labute approximate surface area is 121 Å². The molecule has 0 amide bonds. The molecule has 4 heteroatoms. The molecule has 1 atom stereocenters. The van der Waals surface area contributed by atoms with Crippen molar-refractivity contribution in [3.63, 3.8) is 0 Å². The normalized spacial score (nSPS) is 19.1. The number of anilines is 1. The number of piperidine rings is 1. The molecule has 1 aromatic rings. The van der Waals surface area contributed by atoms with Crippen LogP contribution in [0.4, 0.5) is 10.1 Å². The van der Waals surface area contributed by atoms with Gasteiger partial charge in [-0.2, -0.15) is 0 Å². The zero-order valence-corrected chi connectivity index (χ0v) is 12.8. The summed E-state index contributed by atoms with van der Waals surface area (Å²) in [5.41, 5.74) is 7.95. The maximum Gasteiger partial charge on any atom is 0.123 e. The van der Waals surface area contributed by atoms with E-state index in [4.69, 9.17) is 5.73 Å². The number of benzene rings is 1. The lowest BCUT2D eigenvalue weighted by molar-refractivity contribution is 0.220. The predicted octanol–water partition coefficient (Wildman–Crippen LogP) is 2.77. The first-order valence-corrected chi connectivity index (χ1v) is 7.53. The fourth-order valence-corrected chi connectivity index (χ4v) is 3.03. The Hall–Kier alpha value is -1.13. The van der Waals surface area contributed by atoms with Crippen LogP contribution >= 0.6 is 0 Å². The molecule has 0 saturated carbocycles. The van der Waals surface area contributed by atoms with Gasteiger partial charge in [-0.05, 0) is 50.1 Å². The standard InChI is InChI=1S/C16H26FN3/c1-4-20-9-7-14(8-10-20)19(3)16-6-5-13(17)11-15(16)12(2)18/h5-6,11-12,14H,4,7-10,18H2,1-3H3/t12-/m1/s1. The Morgan fingerprint density at radius 3 is 2.60 bits per heavy atom. The summed E-state index contributed by atoms with van der Waals surface area (Å²) >= 11 is 0. The molecule has 1 aromatic carbocycles. The van der Waals surface area contributed by atoms with Gasteiger partial charge < -0.3 is 15.5 Å². The first kappa shape index (κ1) is 15.3. The van der Waals surface area contributed by atoms with E-state index in [-0.39, 0.29) is 11.9 Å². The fraction of sp³-hybridized carbons (Fsp3) is 0.625. The first-order valence-electron chi connectivity index (χ1n) is 7.53. The molecular formula is C16H26FN3. The second-order valence-corrected chi connectivity index (χ2v) is 5.77. The van der Waals surface area contributed by atoms with Crippen LogP contribution in [0.1, 0.15) is 38.3 Å². The molecule has 1 aliphatic heterocycles. The number of halogens is 1. The van der Waals surface area contributed by atoms with E-state index in [2.05, 4.69) is 23.8 Å². The van der Waals surface area contributed by atoms with Gasteiger partial charge in [0.25, 0.3) is 0 Å². The zero-order valence-electron chi connectivity index (χ0n) is 12.8. The monoisotopic (exact) mass is 279 g/mol. The number of nitrogens with two attached hydrogens (primary N) is 1. The summed E-state index contributed by atoms with van der Waals surface area (Å²) < 4.78 is 13.4. The second-order valence-electron chi connectivity index (χ2n) is 5.77. The highest BCUT2D eigenvalue weighted by Crippen LogP contribution is 2.29. The van der Waals surface area contributed by atoms with Gasteiger partial charge in [-0.25, -0.2) is 4.39 Å². The molecule has 3 nitrogen and oxygen atoms in total. The van der Waals surface area contributed by atoms with Crippen LogP contribution in [-0.4, -0.2) is 37.6 Å². The van der Waals surface area contributed by atoms with Gasteiger partial charge in [0.1, 0.15) is 5.82 Å². The number of hydrogen-bond acceptors (Lipinski definition) is 3. The van der Waals surface area contributed by atoms with Crippen molar-refractivity contribution < 1.29 is 4.39 Å². The van der Waals surface area contributed by atoms with Crippen LogP contribution in [0, 0.1) is 5.82 Å². The van der Waals surface area contributed by atoms with Crippen LogP contribution in [0.15, 0.2) is 18.2 Å². The van der Waals surface area contributed by atoms with Gasteiger partial charge in [0.2, 0.25) is 0 Å². The quantitative estimate of drug-likeness (QED) is 0.920. The van der Waals surface area contributed by atoms with Crippen LogP contribution in [-0.2, 0) is 0 Å².